The Morgan fingerprint density at radius 3 is 2.58 bits per heavy atom. The summed E-state index contributed by atoms with van der Waals surface area (Å²) in [5.74, 6) is 1.81. The van der Waals surface area contributed by atoms with Crippen molar-refractivity contribution < 1.29 is 9.53 Å². The van der Waals surface area contributed by atoms with Crippen LogP contribution in [0.3, 0.4) is 0 Å². The smallest absolute Gasteiger partial charge is 0.224 e. The Bertz CT molecular complexity index is 882. The Morgan fingerprint density at radius 1 is 1.15 bits per heavy atom. The number of aromatic nitrogens is 2. The van der Waals surface area contributed by atoms with Crippen LogP contribution in [0.4, 0.5) is 0 Å². The van der Waals surface area contributed by atoms with Crippen molar-refractivity contribution in [3.05, 3.63) is 59.9 Å². The number of fused-ring (bicyclic) bond motifs is 1. The van der Waals surface area contributed by atoms with Crippen LogP contribution in [0.5, 0.6) is 5.75 Å². The molecule has 0 saturated carbocycles. The molecule has 2 aromatic carbocycles. The lowest BCUT2D eigenvalue weighted by atomic mass is 10.1. The van der Waals surface area contributed by atoms with Crippen LogP contribution >= 0.6 is 0 Å². The van der Waals surface area contributed by atoms with Crippen LogP contribution in [0.25, 0.3) is 11.0 Å². The molecule has 1 aromatic heterocycles. The van der Waals surface area contributed by atoms with Crippen molar-refractivity contribution in [2.24, 2.45) is 0 Å². The van der Waals surface area contributed by atoms with E-state index in [0.717, 1.165) is 28.2 Å². The van der Waals surface area contributed by atoms with Gasteiger partial charge in [0.25, 0.3) is 0 Å². The van der Waals surface area contributed by atoms with E-state index >= 15 is 0 Å². The number of methoxy groups -OCH3 is 1. The minimum absolute atomic E-state index is 0.0161. The van der Waals surface area contributed by atoms with Crippen molar-refractivity contribution in [1.82, 2.24) is 14.9 Å². The van der Waals surface area contributed by atoms with Crippen LogP contribution in [0.1, 0.15) is 31.3 Å². The molecule has 0 bridgehead atoms. The lowest BCUT2D eigenvalue weighted by molar-refractivity contribution is -0.120. The first-order valence-electron chi connectivity index (χ1n) is 8.94. The number of amides is 1. The molecule has 0 aliphatic rings. The van der Waals surface area contributed by atoms with E-state index in [1.54, 1.807) is 7.11 Å². The Hall–Kier alpha value is -2.82. The van der Waals surface area contributed by atoms with Crippen LogP contribution in [0, 0.1) is 0 Å². The Morgan fingerprint density at radius 2 is 1.88 bits per heavy atom. The number of hydrogen-bond donors (Lipinski definition) is 1. The second-order valence-corrected chi connectivity index (χ2v) is 6.61. The third kappa shape index (κ3) is 4.04. The summed E-state index contributed by atoms with van der Waals surface area (Å²) >= 11 is 0. The van der Waals surface area contributed by atoms with Gasteiger partial charge in [0.1, 0.15) is 11.6 Å². The molecule has 0 fully saturated rings. The molecule has 0 radical (unpaired) electrons. The fraction of sp³-hybridized carbons (Fsp3) is 0.333. The number of para-hydroxylation sites is 2. The molecule has 3 aromatic rings. The first-order chi connectivity index (χ1) is 12.6. The first kappa shape index (κ1) is 18.0. The number of ether oxygens (including phenoxy) is 1. The topological polar surface area (TPSA) is 56.1 Å². The number of nitrogens with zero attached hydrogens (tertiary/aromatic N) is 2. The minimum Gasteiger partial charge on any atom is -0.497 e. The number of hydrogen-bond acceptors (Lipinski definition) is 3. The summed E-state index contributed by atoms with van der Waals surface area (Å²) < 4.78 is 7.37. The van der Waals surface area contributed by atoms with E-state index < -0.39 is 0 Å². The molecule has 0 atom stereocenters. The first-order valence-corrected chi connectivity index (χ1v) is 8.94. The highest BCUT2D eigenvalue weighted by atomic mass is 16.5. The average Bonchev–Trinajstić information content (AvgIpc) is 3.00. The molecule has 1 N–H and O–H groups in total. The standard InChI is InChI=1S/C21H25N3O2/c1-15(2)24-19-7-5-4-6-18(19)23-20(24)12-13-22-21(25)14-16-8-10-17(26-3)11-9-16/h4-11,15H,12-14H2,1-3H3,(H,22,25). The van der Waals surface area contributed by atoms with Gasteiger partial charge in [-0.3, -0.25) is 4.79 Å². The van der Waals surface area contributed by atoms with Gasteiger partial charge in [-0.05, 0) is 43.7 Å². The summed E-state index contributed by atoms with van der Waals surface area (Å²) in [5.41, 5.74) is 3.11. The van der Waals surface area contributed by atoms with Crippen molar-refractivity contribution in [2.45, 2.75) is 32.7 Å². The van der Waals surface area contributed by atoms with E-state index in [4.69, 9.17) is 9.72 Å². The molecule has 0 saturated heterocycles. The number of imidazole rings is 1. The molecule has 0 unspecified atom stereocenters. The Kier molecular flexibility index (Phi) is 5.56. The zero-order chi connectivity index (χ0) is 18.5. The number of nitrogens with one attached hydrogen (secondary N) is 1. The Labute approximate surface area is 154 Å². The van der Waals surface area contributed by atoms with Gasteiger partial charge in [-0.25, -0.2) is 4.98 Å². The molecular formula is C21H25N3O2. The molecule has 1 heterocycles. The van der Waals surface area contributed by atoms with Crippen LogP contribution in [-0.4, -0.2) is 29.1 Å². The molecule has 1 amide bonds. The molecule has 0 aliphatic carbocycles. The van der Waals surface area contributed by atoms with E-state index in [1.165, 1.54) is 0 Å². The number of rotatable bonds is 7. The van der Waals surface area contributed by atoms with Gasteiger partial charge in [-0.2, -0.15) is 0 Å². The van der Waals surface area contributed by atoms with Crippen molar-refractivity contribution >= 4 is 16.9 Å². The summed E-state index contributed by atoms with van der Waals surface area (Å²) in [6.45, 7) is 4.88. The lowest BCUT2D eigenvalue weighted by Crippen LogP contribution is -2.28. The van der Waals surface area contributed by atoms with Crippen LogP contribution in [0.2, 0.25) is 0 Å². The predicted molar refractivity (Wildman–Crippen MR) is 104 cm³/mol. The maximum atomic E-state index is 12.2. The van der Waals surface area contributed by atoms with E-state index in [1.807, 2.05) is 42.5 Å². The summed E-state index contributed by atoms with van der Waals surface area (Å²) in [6.07, 6.45) is 1.08. The van der Waals surface area contributed by atoms with E-state index in [9.17, 15) is 4.79 Å². The van der Waals surface area contributed by atoms with E-state index in [-0.39, 0.29) is 5.91 Å². The van der Waals surface area contributed by atoms with E-state index in [0.29, 0.717) is 25.4 Å². The summed E-state index contributed by atoms with van der Waals surface area (Å²) in [5, 5.41) is 3.00. The fourth-order valence-electron chi connectivity index (χ4n) is 3.15. The monoisotopic (exact) mass is 351 g/mol. The second kappa shape index (κ2) is 8.04. The molecule has 136 valence electrons. The molecule has 5 heteroatoms. The third-order valence-corrected chi connectivity index (χ3v) is 4.38. The number of benzene rings is 2. The van der Waals surface area contributed by atoms with Gasteiger partial charge in [0, 0.05) is 19.0 Å². The van der Waals surface area contributed by atoms with Gasteiger partial charge in [-0.15, -0.1) is 0 Å². The minimum atomic E-state index is 0.0161. The summed E-state index contributed by atoms with van der Waals surface area (Å²) in [4.78, 5) is 16.9. The fourth-order valence-corrected chi connectivity index (χ4v) is 3.15. The molecule has 0 aliphatic heterocycles. The highest BCUT2D eigenvalue weighted by Gasteiger charge is 2.13. The van der Waals surface area contributed by atoms with Crippen molar-refractivity contribution in [1.29, 1.82) is 0 Å². The largest absolute Gasteiger partial charge is 0.497 e. The summed E-state index contributed by atoms with van der Waals surface area (Å²) in [6, 6.07) is 16.0. The molecule has 0 spiro atoms. The van der Waals surface area contributed by atoms with Crippen molar-refractivity contribution in [2.75, 3.05) is 13.7 Å². The normalized spacial score (nSPS) is 11.1. The predicted octanol–water partition coefficient (Wildman–Crippen LogP) is 3.53. The van der Waals surface area contributed by atoms with Crippen LogP contribution < -0.4 is 10.1 Å². The van der Waals surface area contributed by atoms with Gasteiger partial charge in [0.2, 0.25) is 5.91 Å². The molecule has 26 heavy (non-hydrogen) atoms. The van der Waals surface area contributed by atoms with Crippen molar-refractivity contribution in [3.8, 4) is 5.75 Å². The molecule has 3 rings (SSSR count). The number of carbonyl (C=O) groups excluding carboxylic acids is 1. The van der Waals surface area contributed by atoms with Crippen LogP contribution in [-0.2, 0) is 17.6 Å². The van der Waals surface area contributed by atoms with Gasteiger partial charge in [-0.1, -0.05) is 24.3 Å². The summed E-state index contributed by atoms with van der Waals surface area (Å²) in [7, 11) is 1.63. The molecule has 5 nitrogen and oxygen atoms in total. The van der Waals surface area contributed by atoms with Gasteiger partial charge in [0.15, 0.2) is 0 Å². The highest BCUT2D eigenvalue weighted by Crippen LogP contribution is 2.21. The quantitative estimate of drug-likeness (QED) is 0.708. The SMILES string of the molecule is COc1ccc(CC(=O)NCCc2nc3ccccc3n2C(C)C)cc1. The highest BCUT2D eigenvalue weighted by molar-refractivity contribution is 5.78. The van der Waals surface area contributed by atoms with E-state index in [2.05, 4.69) is 29.8 Å². The second-order valence-electron chi connectivity index (χ2n) is 6.61. The van der Waals surface area contributed by atoms with Crippen LogP contribution in [0.15, 0.2) is 48.5 Å². The Balaban J connectivity index is 1.59. The average molecular weight is 351 g/mol. The zero-order valence-electron chi connectivity index (χ0n) is 15.5. The molecular weight excluding hydrogens is 326 g/mol. The maximum absolute atomic E-state index is 12.2. The number of carbonyl (C=O) groups is 1. The van der Waals surface area contributed by atoms with Gasteiger partial charge in [0.05, 0.1) is 24.6 Å². The third-order valence-electron chi connectivity index (χ3n) is 4.38. The van der Waals surface area contributed by atoms with Crippen molar-refractivity contribution in [3.63, 3.8) is 0 Å². The lowest BCUT2D eigenvalue weighted by Gasteiger charge is -2.13. The maximum Gasteiger partial charge on any atom is 0.224 e. The van der Waals surface area contributed by atoms with Gasteiger partial charge >= 0.3 is 0 Å². The van der Waals surface area contributed by atoms with Gasteiger partial charge < -0.3 is 14.6 Å². The zero-order valence-corrected chi connectivity index (χ0v) is 15.5.